The Morgan fingerprint density at radius 1 is 1.38 bits per heavy atom. The number of halogens is 2. The van der Waals surface area contributed by atoms with Gasteiger partial charge in [0.1, 0.15) is 0 Å². The number of benzene rings is 1. The van der Waals surface area contributed by atoms with Crippen LogP contribution in [0, 0.1) is 10.5 Å². The van der Waals surface area contributed by atoms with Gasteiger partial charge < -0.3 is 5.73 Å². The van der Waals surface area contributed by atoms with Gasteiger partial charge in [-0.3, -0.25) is 0 Å². The first-order chi connectivity index (χ1) is 5.62. The van der Waals surface area contributed by atoms with Crippen LogP contribution in [0.3, 0.4) is 0 Å². The second-order valence-electron chi connectivity index (χ2n) is 3.62. The molecule has 0 radical (unpaired) electrons. The molecule has 0 amide bonds. The molecule has 1 nitrogen and oxygen atoms in total. The summed E-state index contributed by atoms with van der Waals surface area (Å²) >= 11 is 2.33. The fourth-order valence-electron chi connectivity index (χ4n) is 1.53. The summed E-state index contributed by atoms with van der Waals surface area (Å²) in [6.45, 7) is 2.14. The fraction of sp³-hybridized carbons (Fsp3) is 0.400. The van der Waals surface area contributed by atoms with E-state index < -0.39 is 0 Å². The van der Waals surface area contributed by atoms with E-state index in [-0.39, 0.29) is 17.9 Å². The Hall–Kier alpha value is 0.200. The molecule has 1 aliphatic carbocycles. The molecule has 0 heterocycles. The lowest BCUT2D eigenvalue weighted by molar-refractivity contribution is 0.732. The Labute approximate surface area is 98.6 Å². The van der Waals surface area contributed by atoms with Crippen LogP contribution < -0.4 is 5.73 Å². The Morgan fingerprint density at radius 3 is 2.54 bits per heavy atom. The second-order valence-corrected chi connectivity index (χ2v) is 4.86. The zero-order chi connectivity index (χ0) is 8.77. The largest absolute Gasteiger partial charge is 0.321 e. The van der Waals surface area contributed by atoms with E-state index in [2.05, 4.69) is 47.7 Å². The van der Waals surface area contributed by atoms with Gasteiger partial charge in [0.15, 0.2) is 0 Å². The highest BCUT2D eigenvalue weighted by molar-refractivity contribution is 14.1. The van der Waals surface area contributed by atoms with Gasteiger partial charge in [-0.1, -0.05) is 6.07 Å². The first-order valence-electron chi connectivity index (χ1n) is 4.17. The minimum atomic E-state index is 0. The van der Waals surface area contributed by atoms with Crippen molar-refractivity contribution in [3.8, 4) is 0 Å². The minimum absolute atomic E-state index is 0. The van der Waals surface area contributed by atoms with Crippen LogP contribution in [0.1, 0.15) is 24.0 Å². The molecule has 0 aromatic heterocycles. The van der Waals surface area contributed by atoms with Crippen LogP contribution in [0.5, 0.6) is 0 Å². The molecule has 3 heteroatoms. The maximum Gasteiger partial charge on any atom is 0.0414 e. The van der Waals surface area contributed by atoms with Gasteiger partial charge in [0.05, 0.1) is 0 Å². The smallest absolute Gasteiger partial charge is 0.0414 e. The van der Waals surface area contributed by atoms with Crippen molar-refractivity contribution in [2.75, 3.05) is 0 Å². The van der Waals surface area contributed by atoms with E-state index >= 15 is 0 Å². The van der Waals surface area contributed by atoms with Crippen LogP contribution in [0.2, 0.25) is 0 Å². The van der Waals surface area contributed by atoms with Gasteiger partial charge in [-0.2, -0.15) is 0 Å². The average Bonchev–Trinajstić information content (AvgIpc) is 2.75. The monoisotopic (exact) mass is 309 g/mol. The molecule has 0 atom stereocenters. The second kappa shape index (κ2) is 3.75. The molecule has 13 heavy (non-hydrogen) atoms. The van der Waals surface area contributed by atoms with Crippen LogP contribution in [-0.4, -0.2) is 0 Å². The summed E-state index contributed by atoms with van der Waals surface area (Å²) in [5, 5.41) is 0. The van der Waals surface area contributed by atoms with Gasteiger partial charge in [0, 0.05) is 9.11 Å². The van der Waals surface area contributed by atoms with E-state index in [1.54, 1.807) is 0 Å². The first-order valence-corrected chi connectivity index (χ1v) is 5.25. The zero-order valence-electron chi connectivity index (χ0n) is 7.51. The van der Waals surface area contributed by atoms with Gasteiger partial charge >= 0.3 is 0 Å². The van der Waals surface area contributed by atoms with E-state index in [1.165, 1.54) is 14.7 Å². The molecule has 0 bridgehead atoms. The van der Waals surface area contributed by atoms with Crippen molar-refractivity contribution >= 4 is 35.0 Å². The molecule has 2 N–H and O–H groups in total. The van der Waals surface area contributed by atoms with E-state index in [0.717, 1.165) is 12.8 Å². The zero-order valence-corrected chi connectivity index (χ0v) is 10.5. The molecule has 72 valence electrons. The molecule has 1 fully saturated rings. The van der Waals surface area contributed by atoms with Crippen molar-refractivity contribution in [2.45, 2.75) is 25.3 Å². The Morgan fingerprint density at radius 2 is 2.00 bits per heavy atom. The van der Waals surface area contributed by atoms with Crippen LogP contribution in [-0.2, 0) is 5.54 Å². The first kappa shape index (κ1) is 11.3. The van der Waals surface area contributed by atoms with Crippen molar-refractivity contribution < 1.29 is 0 Å². The lowest BCUT2D eigenvalue weighted by atomic mass is 10.0. The van der Waals surface area contributed by atoms with Gasteiger partial charge in [0.2, 0.25) is 0 Å². The number of hydrogen-bond donors (Lipinski definition) is 1. The maximum atomic E-state index is 6.13. The van der Waals surface area contributed by atoms with E-state index in [4.69, 9.17) is 5.73 Å². The maximum absolute atomic E-state index is 6.13. The lowest BCUT2D eigenvalue weighted by Crippen LogP contribution is -2.20. The molecule has 1 saturated carbocycles. The number of aryl methyl sites for hydroxylation is 1. The van der Waals surface area contributed by atoms with Gasteiger partial charge in [0.25, 0.3) is 0 Å². The summed E-state index contributed by atoms with van der Waals surface area (Å²) in [4.78, 5) is 0. The van der Waals surface area contributed by atoms with E-state index in [0.29, 0.717) is 0 Å². The van der Waals surface area contributed by atoms with Gasteiger partial charge in [-0.15, -0.1) is 12.4 Å². The van der Waals surface area contributed by atoms with Gasteiger partial charge in [-0.05, 0) is 65.6 Å². The average molecular weight is 310 g/mol. The molecule has 0 saturated heterocycles. The molecule has 1 aromatic carbocycles. The van der Waals surface area contributed by atoms with Crippen molar-refractivity contribution in [2.24, 2.45) is 5.73 Å². The van der Waals surface area contributed by atoms with Crippen molar-refractivity contribution in [3.05, 3.63) is 32.9 Å². The summed E-state index contributed by atoms with van der Waals surface area (Å²) in [7, 11) is 0. The summed E-state index contributed by atoms with van der Waals surface area (Å²) in [5.41, 5.74) is 8.82. The highest BCUT2D eigenvalue weighted by Gasteiger charge is 2.40. The van der Waals surface area contributed by atoms with Crippen molar-refractivity contribution in [1.82, 2.24) is 0 Å². The van der Waals surface area contributed by atoms with Crippen LogP contribution in [0.4, 0.5) is 0 Å². The summed E-state index contributed by atoms with van der Waals surface area (Å²) < 4.78 is 1.28. The summed E-state index contributed by atoms with van der Waals surface area (Å²) in [6.07, 6.45) is 2.29. The third kappa shape index (κ3) is 2.17. The predicted octanol–water partition coefficient (Wildman–Crippen LogP) is 2.97. The Kier molecular flexibility index (Phi) is 3.25. The Balaban J connectivity index is 0.000000845. The normalized spacial score (nSPS) is 17.8. The summed E-state index contributed by atoms with van der Waals surface area (Å²) in [6, 6.07) is 6.50. The summed E-state index contributed by atoms with van der Waals surface area (Å²) in [5.74, 6) is 0. The highest BCUT2D eigenvalue weighted by Crippen LogP contribution is 2.44. The molecule has 0 aliphatic heterocycles. The topological polar surface area (TPSA) is 26.0 Å². The molecule has 2 rings (SSSR count). The SMILES string of the molecule is Cc1ccc(I)cc1C1(N)CC1.Cl. The fourth-order valence-corrected chi connectivity index (χ4v) is 2.03. The quantitative estimate of drug-likeness (QED) is 0.793. The van der Waals surface area contributed by atoms with E-state index in [9.17, 15) is 0 Å². The van der Waals surface area contributed by atoms with E-state index in [1.807, 2.05) is 0 Å². The molecule has 0 spiro atoms. The lowest BCUT2D eigenvalue weighted by Gasteiger charge is -2.12. The van der Waals surface area contributed by atoms with Crippen molar-refractivity contribution in [1.29, 1.82) is 0 Å². The Bertz CT molecular complexity index is 321. The molecular formula is C10H13ClIN. The highest BCUT2D eigenvalue weighted by atomic mass is 127. The minimum Gasteiger partial charge on any atom is -0.321 e. The molecule has 1 aromatic rings. The molecule has 1 aliphatic rings. The number of hydrogen-bond acceptors (Lipinski definition) is 1. The van der Waals surface area contributed by atoms with Gasteiger partial charge in [-0.25, -0.2) is 0 Å². The molecule has 0 unspecified atom stereocenters. The third-order valence-corrected chi connectivity index (χ3v) is 3.20. The number of rotatable bonds is 1. The molecular weight excluding hydrogens is 296 g/mol. The predicted molar refractivity (Wildman–Crippen MR) is 66.2 cm³/mol. The van der Waals surface area contributed by atoms with Crippen LogP contribution >= 0.6 is 35.0 Å². The van der Waals surface area contributed by atoms with Crippen LogP contribution in [0.25, 0.3) is 0 Å². The third-order valence-electron chi connectivity index (χ3n) is 2.52. The van der Waals surface area contributed by atoms with Crippen LogP contribution in [0.15, 0.2) is 18.2 Å². The standard InChI is InChI=1S/C10H12IN.ClH/c1-7-2-3-8(11)6-9(7)10(12)4-5-10;/h2-3,6H,4-5,12H2,1H3;1H. The number of nitrogens with two attached hydrogens (primary N) is 1. The van der Waals surface area contributed by atoms with Crippen molar-refractivity contribution in [3.63, 3.8) is 0 Å².